The molecule has 0 saturated heterocycles. The third-order valence-corrected chi connectivity index (χ3v) is 5.53. The van der Waals surface area contributed by atoms with Gasteiger partial charge in [-0.2, -0.15) is 4.89 Å². The van der Waals surface area contributed by atoms with Crippen molar-refractivity contribution in [1.29, 1.82) is 0 Å². The Balaban J connectivity index is 2.50. The van der Waals surface area contributed by atoms with Gasteiger partial charge in [0.25, 0.3) is 0 Å². The molecule has 0 spiro atoms. The highest BCUT2D eigenvalue weighted by molar-refractivity contribution is 5.75. The van der Waals surface area contributed by atoms with E-state index in [4.69, 9.17) is 9.78 Å². The molecule has 130 valence electrons. The summed E-state index contributed by atoms with van der Waals surface area (Å²) < 4.78 is 0. The topological polar surface area (TPSA) is 35.5 Å². The molecule has 3 heteroatoms. The number of unbranched alkanes of at least 4 members (excludes halogenated alkanes) is 2. The first-order valence-corrected chi connectivity index (χ1v) is 9.26. The number of rotatable bonds is 9. The summed E-state index contributed by atoms with van der Waals surface area (Å²) in [6.45, 7) is 10.3. The van der Waals surface area contributed by atoms with Gasteiger partial charge < -0.3 is 0 Å². The van der Waals surface area contributed by atoms with Gasteiger partial charge in [-0.15, -0.1) is 0 Å². The zero-order valence-electron chi connectivity index (χ0n) is 15.4. The second-order valence-corrected chi connectivity index (χ2v) is 7.76. The van der Waals surface area contributed by atoms with E-state index in [1.807, 2.05) is 6.92 Å². The number of hydrogen-bond acceptors (Lipinski definition) is 3. The van der Waals surface area contributed by atoms with Gasteiger partial charge in [-0.05, 0) is 52.4 Å². The molecule has 1 aliphatic rings. The van der Waals surface area contributed by atoms with E-state index < -0.39 is 5.41 Å². The maximum Gasteiger partial charge on any atom is 0.348 e. The van der Waals surface area contributed by atoms with Gasteiger partial charge in [-0.25, -0.2) is 4.79 Å². The van der Waals surface area contributed by atoms with Crippen LogP contribution in [-0.2, 0) is 14.6 Å². The number of carbonyl (C=O) groups excluding carboxylic acids is 1. The second kappa shape index (κ2) is 8.90. The van der Waals surface area contributed by atoms with Gasteiger partial charge in [0.1, 0.15) is 5.60 Å². The summed E-state index contributed by atoms with van der Waals surface area (Å²) in [7, 11) is 0. The molecule has 1 fully saturated rings. The SMILES string of the molecule is CCCCCC(C)(CC)C(=O)OOC(C)(C)C1CCCCC1. The summed E-state index contributed by atoms with van der Waals surface area (Å²) in [6, 6.07) is 0. The molecule has 0 aliphatic heterocycles. The van der Waals surface area contributed by atoms with E-state index in [0.29, 0.717) is 5.92 Å². The highest BCUT2D eigenvalue weighted by atomic mass is 17.2. The van der Waals surface area contributed by atoms with Gasteiger partial charge in [0, 0.05) is 0 Å². The highest BCUT2D eigenvalue weighted by Gasteiger charge is 2.38. The second-order valence-electron chi connectivity index (χ2n) is 7.76. The Hall–Kier alpha value is -0.570. The molecule has 0 heterocycles. The van der Waals surface area contributed by atoms with Crippen molar-refractivity contribution in [2.75, 3.05) is 0 Å². The summed E-state index contributed by atoms with van der Waals surface area (Å²) in [5.74, 6) is 0.289. The highest BCUT2D eigenvalue weighted by Crippen LogP contribution is 2.36. The molecular formula is C19H36O3. The molecule has 1 unspecified atom stereocenters. The normalized spacial score (nSPS) is 19.7. The fourth-order valence-corrected chi connectivity index (χ4v) is 3.30. The Morgan fingerprint density at radius 3 is 2.23 bits per heavy atom. The van der Waals surface area contributed by atoms with Gasteiger partial charge >= 0.3 is 5.97 Å². The van der Waals surface area contributed by atoms with Crippen molar-refractivity contribution in [3.63, 3.8) is 0 Å². The summed E-state index contributed by atoms with van der Waals surface area (Å²) >= 11 is 0. The van der Waals surface area contributed by atoms with E-state index in [2.05, 4.69) is 27.7 Å². The molecule has 0 amide bonds. The van der Waals surface area contributed by atoms with Crippen LogP contribution in [0.1, 0.15) is 98.8 Å². The van der Waals surface area contributed by atoms with Crippen molar-refractivity contribution in [3.05, 3.63) is 0 Å². The lowest BCUT2D eigenvalue weighted by atomic mass is 9.79. The fraction of sp³-hybridized carbons (Fsp3) is 0.947. The molecule has 1 saturated carbocycles. The molecule has 0 aromatic carbocycles. The molecular weight excluding hydrogens is 276 g/mol. The van der Waals surface area contributed by atoms with Crippen LogP contribution >= 0.6 is 0 Å². The number of carbonyl (C=O) groups is 1. The molecule has 3 nitrogen and oxygen atoms in total. The van der Waals surface area contributed by atoms with Crippen molar-refractivity contribution in [3.8, 4) is 0 Å². The monoisotopic (exact) mass is 312 g/mol. The lowest BCUT2D eigenvalue weighted by Gasteiger charge is -2.36. The third kappa shape index (κ3) is 5.57. The van der Waals surface area contributed by atoms with Crippen molar-refractivity contribution in [1.82, 2.24) is 0 Å². The minimum atomic E-state index is -0.419. The number of hydrogen-bond donors (Lipinski definition) is 0. The van der Waals surface area contributed by atoms with Gasteiger partial charge in [0.05, 0.1) is 5.41 Å². The van der Waals surface area contributed by atoms with E-state index in [0.717, 1.165) is 25.7 Å². The Morgan fingerprint density at radius 1 is 1.05 bits per heavy atom. The lowest BCUT2D eigenvalue weighted by Crippen LogP contribution is -2.39. The molecule has 1 atom stereocenters. The summed E-state index contributed by atoms with van der Waals surface area (Å²) in [5, 5.41) is 0. The molecule has 1 aliphatic carbocycles. The van der Waals surface area contributed by atoms with E-state index in [1.54, 1.807) is 0 Å². The van der Waals surface area contributed by atoms with Crippen molar-refractivity contribution in [2.24, 2.45) is 11.3 Å². The minimum absolute atomic E-state index is 0.199. The quantitative estimate of drug-likeness (QED) is 0.306. The van der Waals surface area contributed by atoms with Crippen molar-refractivity contribution in [2.45, 2.75) is 104 Å². The standard InChI is InChI=1S/C19H36O3/c1-6-8-12-15-19(5,7-2)17(20)21-22-18(3,4)16-13-10-9-11-14-16/h16H,6-15H2,1-5H3. The molecule has 0 N–H and O–H groups in total. The predicted molar refractivity (Wildman–Crippen MR) is 90.4 cm³/mol. The van der Waals surface area contributed by atoms with Crippen LogP contribution in [-0.4, -0.2) is 11.6 Å². The maximum absolute atomic E-state index is 12.5. The van der Waals surface area contributed by atoms with Crippen LogP contribution in [0.15, 0.2) is 0 Å². The van der Waals surface area contributed by atoms with Gasteiger partial charge in [-0.3, -0.25) is 4.89 Å². The molecule has 0 radical (unpaired) electrons. The maximum atomic E-state index is 12.5. The van der Waals surface area contributed by atoms with Crippen LogP contribution in [0.3, 0.4) is 0 Å². The lowest BCUT2D eigenvalue weighted by molar-refractivity contribution is -0.343. The van der Waals surface area contributed by atoms with E-state index in [9.17, 15) is 4.79 Å². The van der Waals surface area contributed by atoms with Crippen LogP contribution in [0.4, 0.5) is 0 Å². The summed E-state index contributed by atoms with van der Waals surface area (Å²) in [6.07, 6.45) is 11.3. The predicted octanol–water partition coefficient (Wildman–Crippen LogP) is 5.82. The van der Waals surface area contributed by atoms with Gasteiger partial charge in [0.2, 0.25) is 0 Å². The first kappa shape index (κ1) is 19.5. The smallest absolute Gasteiger partial charge is 0.297 e. The fourth-order valence-electron chi connectivity index (χ4n) is 3.30. The Bertz CT molecular complexity index is 332. The van der Waals surface area contributed by atoms with Crippen LogP contribution in [0, 0.1) is 11.3 Å². The average molecular weight is 312 g/mol. The van der Waals surface area contributed by atoms with E-state index >= 15 is 0 Å². The first-order valence-electron chi connectivity index (χ1n) is 9.26. The summed E-state index contributed by atoms with van der Waals surface area (Å²) in [4.78, 5) is 23.4. The molecule has 0 bridgehead atoms. The Kier molecular flexibility index (Phi) is 7.88. The molecule has 0 aromatic heterocycles. The van der Waals surface area contributed by atoms with Gasteiger partial charge in [0.15, 0.2) is 0 Å². The first-order chi connectivity index (χ1) is 10.4. The minimum Gasteiger partial charge on any atom is -0.297 e. The molecule has 22 heavy (non-hydrogen) atoms. The van der Waals surface area contributed by atoms with Crippen LogP contribution < -0.4 is 0 Å². The third-order valence-electron chi connectivity index (χ3n) is 5.53. The zero-order chi connectivity index (χ0) is 16.6. The van der Waals surface area contributed by atoms with E-state index in [1.165, 1.54) is 38.5 Å². The van der Waals surface area contributed by atoms with Crippen molar-refractivity contribution >= 4 is 5.97 Å². The van der Waals surface area contributed by atoms with Crippen LogP contribution in [0.5, 0.6) is 0 Å². The van der Waals surface area contributed by atoms with E-state index in [-0.39, 0.29) is 11.6 Å². The van der Waals surface area contributed by atoms with Crippen LogP contribution in [0.2, 0.25) is 0 Å². The summed E-state index contributed by atoms with van der Waals surface area (Å²) in [5.41, 5.74) is -0.800. The Labute approximate surface area is 137 Å². The Morgan fingerprint density at radius 2 is 1.68 bits per heavy atom. The van der Waals surface area contributed by atoms with Crippen molar-refractivity contribution < 1.29 is 14.6 Å². The largest absolute Gasteiger partial charge is 0.348 e. The average Bonchev–Trinajstić information content (AvgIpc) is 2.53. The molecule has 0 aromatic rings. The molecule has 1 rings (SSSR count). The van der Waals surface area contributed by atoms with Gasteiger partial charge in [-0.1, -0.05) is 52.4 Å². The zero-order valence-corrected chi connectivity index (χ0v) is 15.4. The van der Waals surface area contributed by atoms with Crippen LogP contribution in [0.25, 0.3) is 0 Å².